The zero-order valence-corrected chi connectivity index (χ0v) is 28.6. The van der Waals surface area contributed by atoms with Crippen LogP contribution in [0.1, 0.15) is 53.7 Å². The summed E-state index contributed by atoms with van der Waals surface area (Å²) in [7, 11) is -3.61. The smallest absolute Gasteiger partial charge is 0.281 e. The first kappa shape index (κ1) is 33.1. The average molecular weight is 680 g/mol. The number of nitrogens with one attached hydrogen (secondary N) is 1. The third-order valence-corrected chi connectivity index (χ3v) is 12.8. The van der Waals surface area contributed by atoms with Crippen LogP contribution in [0.2, 0.25) is 0 Å². The lowest BCUT2D eigenvalue weighted by molar-refractivity contribution is -0.132. The van der Waals surface area contributed by atoms with Gasteiger partial charge in [0.05, 0.1) is 11.6 Å². The van der Waals surface area contributed by atoms with E-state index in [1.54, 1.807) is 62.6 Å². The predicted octanol–water partition coefficient (Wildman–Crippen LogP) is 3.57. The van der Waals surface area contributed by atoms with E-state index in [2.05, 4.69) is 35.2 Å². The number of nitrogens with zero attached hydrogens (tertiary/aromatic N) is 6. The van der Waals surface area contributed by atoms with Gasteiger partial charge < -0.3 is 5.32 Å². The minimum absolute atomic E-state index is 0.0419. The Balaban J connectivity index is 1.18. The van der Waals surface area contributed by atoms with Gasteiger partial charge in [-0.15, -0.1) is 0 Å². The number of pyridine rings is 2. The summed E-state index contributed by atoms with van der Waals surface area (Å²) in [5.74, 6) is 0.949. The fraction of sp³-hybridized carbons (Fsp3) is 0.432. The minimum Gasteiger partial charge on any atom is -0.357 e. The lowest BCUT2D eigenvalue weighted by Gasteiger charge is -2.36. The van der Waals surface area contributed by atoms with Gasteiger partial charge in [0.15, 0.2) is 5.78 Å². The zero-order chi connectivity index (χ0) is 34.3. The van der Waals surface area contributed by atoms with Crippen LogP contribution in [0, 0.1) is 35.0 Å². The highest BCUT2D eigenvalue weighted by Crippen LogP contribution is 2.53. The monoisotopic (exact) mass is 679 g/mol. The van der Waals surface area contributed by atoms with Crippen molar-refractivity contribution < 1.29 is 18.0 Å². The zero-order valence-electron chi connectivity index (χ0n) is 27.8. The summed E-state index contributed by atoms with van der Waals surface area (Å²) >= 11 is 0. The SMILES string of the molecule is CC(C)C1CCN(S(=O)(=O)N2CC3C(C2)C3N2C(=O)C(Cc3ccncc3)(Cc3ccncc3)N/C2=C\C(=O)c2ccc(C#N)cc2)CC1. The number of piperidine rings is 2. The third kappa shape index (κ3) is 6.38. The van der Waals surface area contributed by atoms with E-state index in [-0.39, 0.29) is 29.6 Å². The first-order valence-electron chi connectivity index (χ1n) is 17.0. The maximum Gasteiger partial charge on any atom is 0.281 e. The van der Waals surface area contributed by atoms with Crippen molar-refractivity contribution in [1.82, 2.24) is 28.8 Å². The number of aromatic nitrogens is 2. The molecular weight excluding hydrogens is 639 g/mol. The van der Waals surface area contributed by atoms with Crippen LogP contribution in [0.15, 0.2) is 85.2 Å². The fourth-order valence-corrected chi connectivity index (χ4v) is 9.70. The second-order valence-corrected chi connectivity index (χ2v) is 16.1. The van der Waals surface area contributed by atoms with Crippen molar-refractivity contribution in [2.75, 3.05) is 26.2 Å². The van der Waals surface area contributed by atoms with Gasteiger partial charge in [-0.1, -0.05) is 13.8 Å². The van der Waals surface area contributed by atoms with Crippen LogP contribution in [0.3, 0.4) is 0 Å². The highest BCUT2D eigenvalue weighted by Gasteiger charge is 2.66. The molecule has 12 heteroatoms. The van der Waals surface area contributed by atoms with E-state index in [1.165, 1.54) is 6.08 Å². The molecule has 3 aromatic rings. The van der Waals surface area contributed by atoms with E-state index in [0.29, 0.717) is 67.8 Å². The molecule has 11 nitrogen and oxygen atoms in total. The van der Waals surface area contributed by atoms with Crippen molar-refractivity contribution in [2.24, 2.45) is 23.7 Å². The summed E-state index contributed by atoms with van der Waals surface area (Å²) in [6.07, 6.45) is 10.7. The number of hydrogen-bond acceptors (Lipinski definition) is 8. The molecule has 2 unspecified atom stereocenters. The molecule has 4 fully saturated rings. The molecule has 0 radical (unpaired) electrons. The number of fused-ring (bicyclic) bond motifs is 1. The molecule has 254 valence electrons. The Bertz CT molecular complexity index is 1830. The molecule has 49 heavy (non-hydrogen) atoms. The lowest BCUT2D eigenvalue weighted by Crippen LogP contribution is -2.51. The summed E-state index contributed by atoms with van der Waals surface area (Å²) in [6.45, 7) is 6.13. The molecule has 1 amide bonds. The quantitative estimate of drug-likeness (QED) is 0.254. The Kier molecular flexibility index (Phi) is 8.85. The van der Waals surface area contributed by atoms with Crippen molar-refractivity contribution in [2.45, 2.75) is 51.1 Å². The summed E-state index contributed by atoms with van der Waals surface area (Å²) in [4.78, 5) is 38.6. The molecule has 0 spiro atoms. The van der Waals surface area contributed by atoms with E-state index < -0.39 is 15.7 Å². The van der Waals surface area contributed by atoms with Gasteiger partial charge in [-0.05, 0) is 84.3 Å². The molecule has 5 heterocycles. The molecule has 1 aliphatic carbocycles. The van der Waals surface area contributed by atoms with Crippen LogP contribution in [0.4, 0.5) is 0 Å². The van der Waals surface area contributed by atoms with Crippen LogP contribution < -0.4 is 5.32 Å². The number of rotatable bonds is 10. The van der Waals surface area contributed by atoms with Crippen LogP contribution in [0.25, 0.3) is 0 Å². The molecular formula is C37H41N7O4S. The number of amides is 1. The largest absolute Gasteiger partial charge is 0.357 e. The normalized spacial score (nSPS) is 24.9. The molecule has 2 atom stereocenters. The molecule has 7 rings (SSSR count). The molecule has 0 bridgehead atoms. The minimum atomic E-state index is -3.61. The van der Waals surface area contributed by atoms with E-state index in [1.807, 2.05) is 24.3 Å². The number of ketones is 1. The molecule has 4 aliphatic rings. The average Bonchev–Trinajstić information content (AvgIpc) is 3.44. The standard InChI is InChI=1S/C37H41N7O4S/c1-25(2)29-11-17-42(18-12-29)49(47,48)43-23-31-32(24-43)35(31)44-34(19-33(45)30-5-3-28(22-38)4-6-30)41-37(36(44)46,20-26-7-13-39-14-8-26)21-27-9-15-40-16-10-27/h3-10,13-16,19,25,29,31-32,35,41H,11-12,17-18,20-21,23-24H2,1-2H3/b34-19+. The Morgan fingerprint density at radius 1 is 0.939 bits per heavy atom. The van der Waals surface area contributed by atoms with Gasteiger partial charge in [-0.25, -0.2) is 0 Å². The van der Waals surface area contributed by atoms with Crippen molar-refractivity contribution in [1.29, 1.82) is 5.26 Å². The molecule has 3 saturated heterocycles. The lowest BCUT2D eigenvalue weighted by atomic mass is 9.85. The molecule has 1 saturated carbocycles. The van der Waals surface area contributed by atoms with Crippen LogP contribution in [-0.2, 0) is 27.8 Å². The fourth-order valence-electron chi connectivity index (χ4n) is 7.98. The van der Waals surface area contributed by atoms with Crippen LogP contribution >= 0.6 is 0 Å². The maximum absolute atomic E-state index is 14.9. The first-order chi connectivity index (χ1) is 23.6. The van der Waals surface area contributed by atoms with E-state index >= 15 is 0 Å². The topological polar surface area (TPSA) is 140 Å². The Hall–Kier alpha value is -4.44. The predicted molar refractivity (Wildman–Crippen MR) is 183 cm³/mol. The third-order valence-electron chi connectivity index (χ3n) is 10.8. The molecule has 1 aromatic carbocycles. The summed E-state index contributed by atoms with van der Waals surface area (Å²) < 4.78 is 30.7. The molecule has 2 aromatic heterocycles. The van der Waals surface area contributed by atoms with Crippen molar-refractivity contribution in [3.63, 3.8) is 0 Å². The van der Waals surface area contributed by atoms with E-state index in [9.17, 15) is 23.3 Å². The van der Waals surface area contributed by atoms with Gasteiger partial charge in [0.1, 0.15) is 11.4 Å². The van der Waals surface area contributed by atoms with Gasteiger partial charge >= 0.3 is 0 Å². The Morgan fingerprint density at radius 2 is 1.49 bits per heavy atom. The molecule has 3 aliphatic heterocycles. The number of benzene rings is 1. The van der Waals surface area contributed by atoms with Crippen molar-refractivity contribution in [3.05, 3.63) is 107 Å². The van der Waals surface area contributed by atoms with Gasteiger partial charge in [-0.3, -0.25) is 24.5 Å². The van der Waals surface area contributed by atoms with Crippen molar-refractivity contribution in [3.8, 4) is 6.07 Å². The second kappa shape index (κ2) is 13.1. The summed E-state index contributed by atoms with van der Waals surface area (Å²) in [5.41, 5.74) is 1.57. The number of nitriles is 1. The number of hydrogen-bond donors (Lipinski definition) is 1. The van der Waals surface area contributed by atoms with Crippen molar-refractivity contribution >= 4 is 21.9 Å². The Labute approximate surface area is 287 Å². The Morgan fingerprint density at radius 3 is 2.00 bits per heavy atom. The number of carbonyl (C=O) groups is 2. The number of carbonyl (C=O) groups excluding carboxylic acids is 2. The summed E-state index contributed by atoms with van der Waals surface area (Å²) in [6, 6.07) is 15.8. The van der Waals surface area contributed by atoms with Gasteiger partial charge in [0.25, 0.3) is 16.1 Å². The number of allylic oxidation sites excluding steroid dienone is 1. The highest BCUT2D eigenvalue weighted by atomic mass is 32.2. The van der Waals surface area contributed by atoms with E-state index in [0.717, 1.165) is 24.0 Å². The van der Waals surface area contributed by atoms with Gasteiger partial charge in [-0.2, -0.15) is 22.3 Å². The van der Waals surface area contributed by atoms with Gasteiger partial charge in [0.2, 0.25) is 0 Å². The maximum atomic E-state index is 14.9. The molecule has 1 N–H and O–H groups in total. The second-order valence-electron chi connectivity index (χ2n) is 14.2. The van der Waals surface area contributed by atoms with E-state index in [4.69, 9.17) is 0 Å². The van der Waals surface area contributed by atoms with Crippen LogP contribution in [-0.4, -0.2) is 81.3 Å². The first-order valence-corrected chi connectivity index (χ1v) is 18.4. The highest BCUT2D eigenvalue weighted by molar-refractivity contribution is 7.86. The van der Waals surface area contributed by atoms with Crippen LogP contribution in [0.5, 0.6) is 0 Å². The van der Waals surface area contributed by atoms with Gasteiger partial charge in [0, 0.05) is 93.3 Å². The summed E-state index contributed by atoms with van der Waals surface area (Å²) in [5, 5.41) is 12.8.